The normalized spacial score (nSPS) is 18.6. The molecule has 0 aliphatic carbocycles. The van der Waals surface area contributed by atoms with Crippen molar-refractivity contribution in [2.45, 2.75) is 32.8 Å². The van der Waals surface area contributed by atoms with Crippen LogP contribution in [0.25, 0.3) is 22.2 Å². The number of piperidine rings is 1. The van der Waals surface area contributed by atoms with Gasteiger partial charge in [-0.25, -0.2) is 19.2 Å². The van der Waals surface area contributed by atoms with Crippen molar-refractivity contribution in [3.63, 3.8) is 0 Å². The molecule has 2 aliphatic heterocycles. The summed E-state index contributed by atoms with van der Waals surface area (Å²) >= 11 is 0. The summed E-state index contributed by atoms with van der Waals surface area (Å²) in [5.41, 5.74) is 2.24. The fraction of sp³-hybridized carbons (Fsp3) is 0.467. The van der Waals surface area contributed by atoms with E-state index in [-0.39, 0.29) is 30.1 Å². The lowest BCUT2D eigenvalue weighted by molar-refractivity contribution is -0.127. The minimum atomic E-state index is -0.568. The van der Waals surface area contributed by atoms with E-state index in [9.17, 15) is 14.0 Å². The van der Waals surface area contributed by atoms with Crippen molar-refractivity contribution in [1.82, 2.24) is 20.2 Å². The monoisotopic (exact) mass is 565 g/mol. The number of carbonyl (C=O) groups excluding carboxylic acids is 2. The van der Waals surface area contributed by atoms with Gasteiger partial charge in [-0.2, -0.15) is 0 Å². The number of aromatic nitrogens is 2. The fourth-order valence-electron chi connectivity index (χ4n) is 5.28. The van der Waals surface area contributed by atoms with Gasteiger partial charge in [0.05, 0.1) is 30.8 Å². The summed E-state index contributed by atoms with van der Waals surface area (Å²) in [6, 6.07) is 8.58. The molecule has 10 nitrogen and oxygen atoms in total. The summed E-state index contributed by atoms with van der Waals surface area (Å²) in [6.45, 7) is 7.99. The lowest BCUT2D eigenvalue weighted by atomic mass is 9.89. The average molecular weight is 566 g/mol. The third-order valence-electron chi connectivity index (χ3n) is 7.41. The van der Waals surface area contributed by atoms with Crippen LogP contribution in [0.2, 0.25) is 0 Å². The third kappa shape index (κ3) is 6.28. The van der Waals surface area contributed by atoms with Gasteiger partial charge >= 0.3 is 6.09 Å². The van der Waals surface area contributed by atoms with Crippen LogP contribution in [0.15, 0.2) is 36.5 Å². The van der Waals surface area contributed by atoms with E-state index in [2.05, 4.69) is 15.2 Å². The first-order chi connectivity index (χ1) is 19.5. The molecule has 2 saturated heterocycles. The molecule has 41 heavy (non-hydrogen) atoms. The Hall–Kier alpha value is -4.15. The molecular weight excluding hydrogens is 529 g/mol. The first-order valence-electron chi connectivity index (χ1n) is 13.8. The predicted octanol–water partition coefficient (Wildman–Crippen LogP) is 4.26. The molecule has 2 atom stereocenters. The van der Waals surface area contributed by atoms with Crippen LogP contribution in [0.5, 0.6) is 11.6 Å². The number of benzene rings is 1. The highest BCUT2D eigenvalue weighted by molar-refractivity contribution is 5.96. The van der Waals surface area contributed by atoms with Crippen molar-refractivity contribution in [3.05, 3.63) is 42.3 Å². The second kappa shape index (κ2) is 11.4. The van der Waals surface area contributed by atoms with Crippen LogP contribution in [-0.2, 0) is 9.53 Å². The number of pyridine rings is 2. The van der Waals surface area contributed by atoms with Crippen molar-refractivity contribution in [2.24, 2.45) is 11.8 Å². The maximum atomic E-state index is 14.8. The van der Waals surface area contributed by atoms with Gasteiger partial charge in [-0.3, -0.25) is 4.79 Å². The SMILES string of the molecule is COc1cc2nc(-c3ccc(OCCN(C)C(=O)OC(C)(C)C)nc3)cc(N3C[C@@H]4CCNC(=O)[C@@H]4C3)c2cc1F. The van der Waals surface area contributed by atoms with Crippen LogP contribution in [0.4, 0.5) is 14.9 Å². The van der Waals surface area contributed by atoms with Crippen molar-refractivity contribution in [3.8, 4) is 22.9 Å². The molecule has 0 bridgehead atoms. The molecule has 2 fully saturated rings. The third-order valence-corrected chi connectivity index (χ3v) is 7.41. The number of nitrogens with one attached hydrogen (secondary N) is 1. The molecular formula is C30H36FN5O5. The van der Waals surface area contributed by atoms with E-state index in [0.717, 1.165) is 17.7 Å². The van der Waals surface area contributed by atoms with E-state index in [0.29, 0.717) is 48.7 Å². The van der Waals surface area contributed by atoms with E-state index in [1.807, 2.05) is 32.9 Å². The largest absolute Gasteiger partial charge is 0.494 e. The van der Waals surface area contributed by atoms with Crippen LogP contribution >= 0.6 is 0 Å². The molecule has 2 aromatic heterocycles. The van der Waals surface area contributed by atoms with Gasteiger partial charge in [-0.05, 0) is 51.3 Å². The summed E-state index contributed by atoms with van der Waals surface area (Å²) in [5, 5.41) is 3.62. The maximum Gasteiger partial charge on any atom is 0.410 e. The van der Waals surface area contributed by atoms with Crippen molar-refractivity contribution in [2.75, 3.05) is 51.8 Å². The van der Waals surface area contributed by atoms with Crippen LogP contribution in [-0.4, -0.2) is 79.4 Å². The van der Waals surface area contributed by atoms with E-state index < -0.39 is 17.5 Å². The molecule has 0 saturated carbocycles. The Bertz CT molecular complexity index is 1440. The van der Waals surface area contributed by atoms with Gasteiger partial charge in [0.1, 0.15) is 12.2 Å². The highest BCUT2D eigenvalue weighted by Gasteiger charge is 2.40. The van der Waals surface area contributed by atoms with Crippen molar-refractivity contribution >= 4 is 28.6 Å². The molecule has 0 unspecified atom stereocenters. The standard InChI is InChI=1S/C30H36FN5O5/c1-30(2,3)41-29(38)35(4)10-11-40-27-7-6-18(15-33-27)23-13-25(20-12-22(31)26(39-5)14-24(20)34-23)36-16-19-8-9-32-28(37)21(19)17-36/h6-7,12-15,19,21H,8-11,16-17H2,1-5H3,(H,32,37)/t19-,21+/m0/s1. The molecule has 3 aromatic rings. The number of ether oxygens (including phenoxy) is 3. The van der Waals surface area contributed by atoms with E-state index >= 15 is 0 Å². The number of hydrogen-bond acceptors (Lipinski definition) is 8. The summed E-state index contributed by atoms with van der Waals surface area (Å²) in [6.07, 6.45) is 2.17. The zero-order valence-corrected chi connectivity index (χ0v) is 24.1. The van der Waals surface area contributed by atoms with E-state index in [1.165, 1.54) is 18.1 Å². The highest BCUT2D eigenvalue weighted by Crippen LogP contribution is 2.39. The Morgan fingerprint density at radius 2 is 2.02 bits per heavy atom. The number of halogens is 1. The molecule has 4 heterocycles. The molecule has 2 aliphatic rings. The molecule has 1 N–H and O–H groups in total. The van der Waals surface area contributed by atoms with E-state index in [1.54, 1.807) is 25.4 Å². The Labute approximate surface area is 238 Å². The number of hydrogen-bond donors (Lipinski definition) is 1. The van der Waals surface area contributed by atoms with Gasteiger partial charge in [0, 0.05) is 61.6 Å². The van der Waals surface area contributed by atoms with Gasteiger partial charge in [0.25, 0.3) is 0 Å². The number of rotatable bonds is 7. The van der Waals surface area contributed by atoms with E-state index in [4.69, 9.17) is 19.2 Å². The smallest absolute Gasteiger partial charge is 0.410 e. The second-order valence-electron chi connectivity index (χ2n) is 11.5. The number of methoxy groups -OCH3 is 1. The van der Waals surface area contributed by atoms with Gasteiger partial charge < -0.3 is 29.3 Å². The molecule has 0 spiro atoms. The molecule has 5 rings (SSSR count). The predicted molar refractivity (Wildman–Crippen MR) is 153 cm³/mol. The molecule has 11 heteroatoms. The summed E-state index contributed by atoms with van der Waals surface area (Å²) in [5.74, 6) is 0.293. The van der Waals surface area contributed by atoms with Gasteiger partial charge in [0.2, 0.25) is 11.8 Å². The number of anilines is 1. The van der Waals surface area contributed by atoms with Crippen LogP contribution in [0.1, 0.15) is 27.2 Å². The lowest BCUT2D eigenvalue weighted by Gasteiger charge is -2.24. The maximum absolute atomic E-state index is 14.8. The van der Waals surface area contributed by atoms with Crippen molar-refractivity contribution in [1.29, 1.82) is 0 Å². The lowest BCUT2D eigenvalue weighted by Crippen LogP contribution is -2.41. The van der Waals surface area contributed by atoms with Gasteiger partial charge in [-0.15, -0.1) is 0 Å². The number of carbonyl (C=O) groups is 2. The molecule has 218 valence electrons. The zero-order chi connectivity index (χ0) is 29.3. The first-order valence-corrected chi connectivity index (χ1v) is 13.8. The number of nitrogens with zero attached hydrogens (tertiary/aromatic N) is 4. The van der Waals surface area contributed by atoms with Gasteiger partial charge in [-0.1, -0.05) is 0 Å². The summed E-state index contributed by atoms with van der Waals surface area (Å²) in [7, 11) is 3.08. The Morgan fingerprint density at radius 3 is 2.71 bits per heavy atom. The zero-order valence-electron chi connectivity index (χ0n) is 24.1. The molecule has 2 amide bonds. The first kappa shape index (κ1) is 28.4. The second-order valence-corrected chi connectivity index (χ2v) is 11.5. The van der Waals surface area contributed by atoms with Crippen LogP contribution < -0.4 is 19.7 Å². The van der Waals surface area contributed by atoms with Gasteiger partial charge in [0.15, 0.2) is 11.6 Å². The number of likely N-dealkylation sites (N-methyl/N-ethyl adjacent to an activating group) is 1. The summed E-state index contributed by atoms with van der Waals surface area (Å²) in [4.78, 5) is 37.5. The van der Waals surface area contributed by atoms with Crippen molar-refractivity contribution < 1.29 is 28.2 Å². The minimum absolute atomic E-state index is 0.0762. The molecule has 0 radical (unpaired) electrons. The van der Waals surface area contributed by atoms with Crippen LogP contribution in [0.3, 0.4) is 0 Å². The fourth-order valence-corrected chi connectivity index (χ4v) is 5.28. The Morgan fingerprint density at radius 1 is 1.22 bits per heavy atom. The summed E-state index contributed by atoms with van der Waals surface area (Å²) < 4.78 is 31.1. The Balaban J connectivity index is 1.36. The Kier molecular flexibility index (Phi) is 7.88. The molecule has 1 aromatic carbocycles. The van der Waals surface area contributed by atoms with Crippen LogP contribution in [0, 0.1) is 17.7 Å². The topological polar surface area (TPSA) is 106 Å². The number of amides is 2. The quantitative estimate of drug-likeness (QED) is 0.453. The average Bonchev–Trinajstić information content (AvgIpc) is 3.37. The highest BCUT2D eigenvalue weighted by atomic mass is 19.1. The minimum Gasteiger partial charge on any atom is -0.494 e. The number of fused-ring (bicyclic) bond motifs is 2.